The Morgan fingerprint density at radius 2 is 1.92 bits per heavy atom. The van der Waals surface area contributed by atoms with Crippen molar-refractivity contribution in [2.75, 3.05) is 20.1 Å². The van der Waals surface area contributed by atoms with E-state index >= 15 is 0 Å². The van der Waals surface area contributed by atoms with E-state index in [2.05, 4.69) is 97.9 Å². The second-order valence-electron chi connectivity index (χ2n) is 7.86. The Bertz CT molecular complexity index is 758. The number of ether oxygens (including phenoxy) is 1. The molecule has 3 atom stereocenters. The normalized spacial score (nSPS) is 31.5. The van der Waals surface area contributed by atoms with Gasteiger partial charge in [-0.25, -0.2) is 4.79 Å². The van der Waals surface area contributed by atoms with Crippen molar-refractivity contribution in [1.82, 2.24) is 4.90 Å². The van der Waals surface area contributed by atoms with Crippen molar-refractivity contribution in [3.8, 4) is 0 Å². The molecule has 3 unspecified atom stereocenters. The van der Waals surface area contributed by atoms with Crippen LogP contribution in [-0.2, 0) is 4.74 Å². The number of fused-ring (bicyclic) bond motifs is 2. The molecule has 2 aliphatic carbocycles. The number of nitrogens with zero attached hydrogens (tertiary/aromatic N) is 1. The van der Waals surface area contributed by atoms with E-state index in [-0.39, 0.29) is 11.6 Å². The summed E-state index contributed by atoms with van der Waals surface area (Å²) in [5.41, 5.74) is 0.425. The first-order valence-corrected chi connectivity index (χ1v) is 12.4. The molecular formula is C20H22I3NO2. The lowest BCUT2D eigenvalue weighted by atomic mass is 9.72. The molecule has 1 saturated heterocycles. The zero-order valence-corrected chi connectivity index (χ0v) is 21.2. The smallest absolute Gasteiger partial charge is 0.339 e. The predicted molar refractivity (Wildman–Crippen MR) is 128 cm³/mol. The largest absolute Gasteiger partial charge is 0.455 e. The fraction of sp³-hybridized carbons (Fsp3) is 0.550. The van der Waals surface area contributed by atoms with Crippen LogP contribution < -0.4 is 0 Å². The van der Waals surface area contributed by atoms with Gasteiger partial charge < -0.3 is 9.64 Å². The highest BCUT2D eigenvalue weighted by atomic mass is 127. The molecule has 1 saturated carbocycles. The van der Waals surface area contributed by atoms with Gasteiger partial charge in [-0.1, -0.05) is 12.2 Å². The lowest BCUT2D eigenvalue weighted by molar-refractivity contribution is -0.0810. The summed E-state index contributed by atoms with van der Waals surface area (Å²) in [6.07, 6.45) is 9.07. The van der Waals surface area contributed by atoms with Gasteiger partial charge in [0, 0.05) is 22.5 Å². The predicted octanol–water partition coefficient (Wildman–Crippen LogP) is 5.33. The van der Waals surface area contributed by atoms with Crippen LogP contribution in [-0.4, -0.2) is 36.6 Å². The Hall–Kier alpha value is 0.580. The standard InChI is InChI=1S/C20H22I3NO2/c1-24-6-4-13(5-7-24)20(11-12-2-3-14(20)8-12)26-19(25)16-9-15(21)10-17(22)18(16)23/h2-3,9-10,12-14H,4-8,11H2,1H3. The number of likely N-dealkylation sites (tertiary alicyclic amines) is 1. The number of carbonyl (C=O) groups excluding carboxylic acids is 1. The minimum Gasteiger partial charge on any atom is -0.455 e. The van der Waals surface area contributed by atoms with Gasteiger partial charge in [-0.15, -0.1) is 0 Å². The molecule has 0 radical (unpaired) electrons. The molecule has 1 aliphatic heterocycles. The molecule has 3 aliphatic rings. The van der Waals surface area contributed by atoms with E-state index in [4.69, 9.17) is 4.74 Å². The number of carbonyl (C=O) groups is 1. The lowest BCUT2D eigenvalue weighted by Gasteiger charge is -2.45. The van der Waals surface area contributed by atoms with E-state index in [0.29, 0.717) is 17.8 Å². The molecule has 2 fully saturated rings. The topological polar surface area (TPSA) is 29.5 Å². The highest BCUT2D eigenvalue weighted by molar-refractivity contribution is 14.1. The molecule has 0 amide bonds. The van der Waals surface area contributed by atoms with E-state index in [9.17, 15) is 4.79 Å². The molecule has 0 aromatic heterocycles. The molecule has 4 rings (SSSR count). The summed E-state index contributed by atoms with van der Waals surface area (Å²) < 4.78 is 9.67. The Morgan fingerprint density at radius 1 is 1.19 bits per heavy atom. The minimum atomic E-state index is -0.298. The van der Waals surface area contributed by atoms with Crippen molar-refractivity contribution in [2.45, 2.75) is 31.3 Å². The monoisotopic (exact) mass is 689 g/mol. The van der Waals surface area contributed by atoms with Crippen LogP contribution >= 0.6 is 67.8 Å². The second-order valence-corrected chi connectivity index (χ2v) is 11.3. The quantitative estimate of drug-likeness (QED) is 0.186. The number of hydrogen-bond acceptors (Lipinski definition) is 3. The van der Waals surface area contributed by atoms with Crippen LogP contribution in [0.15, 0.2) is 24.3 Å². The third kappa shape index (κ3) is 3.60. The third-order valence-electron chi connectivity index (χ3n) is 6.29. The van der Waals surface area contributed by atoms with Crippen LogP contribution in [0.25, 0.3) is 0 Å². The molecule has 1 aromatic carbocycles. The van der Waals surface area contributed by atoms with Crippen LogP contribution in [0.5, 0.6) is 0 Å². The SMILES string of the molecule is CN1CCC(C2(OC(=O)c3cc(I)cc(I)c3I)CC3C=CC2C3)CC1. The summed E-state index contributed by atoms with van der Waals surface area (Å²) in [5, 5.41) is 0. The summed E-state index contributed by atoms with van der Waals surface area (Å²) in [5.74, 6) is 1.32. The average molecular weight is 689 g/mol. The molecule has 0 N–H and O–H groups in total. The maximum Gasteiger partial charge on any atom is 0.339 e. The van der Waals surface area contributed by atoms with E-state index in [0.717, 1.165) is 55.0 Å². The first-order chi connectivity index (χ1) is 12.4. The van der Waals surface area contributed by atoms with Gasteiger partial charge in [-0.3, -0.25) is 0 Å². The highest BCUT2D eigenvalue weighted by Gasteiger charge is 2.56. The van der Waals surface area contributed by atoms with E-state index < -0.39 is 0 Å². The average Bonchev–Trinajstić information content (AvgIpc) is 3.20. The molecule has 3 nitrogen and oxygen atoms in total. The summed E-state index contributed by atoms with van der Waals surface area (Å²) in [4.78, 5) is 15.6. The van der Waals surface area contributed by atoms with Gasteiger partial charge in [0.05, 0.1) is 5.56 Å². The van der Waals surface area contributed by atoms with E-state index in [1.165, 1.54) is 0 Å². The first kappa shape index (κ1) is 19.9. The molecule has 1 aromatic rings. The summed E-state index contributed by atoms with van der Waals surface area (Å²) in [6.45, 7) is 2.20. The van der Waals surface area contributed by atoms with Gasteiger partial charge in [0.1, 0.15) is 5.60 Å². The molecule has 6 heteroatoms. The summed E-state index contributed by atoms with van der Waals surface area (Å²) in [7, 11) is 2.19. The van der Waals surface area contributed by atoms with Gasteiger partial charge in [-0.2, -0.15) is 0 Å². The number of allylic oxidation sites excluding steroid dienone is 1. The third-order valence-corrected chi connectivity index (χ3v) is 9.95. The summed E-state index contributed by atoms with van der Waals surface area (Å²) in [6, 6.07) is 4.07. The molecular weight excluding hydrogens is 667 g/mol. The zero-order valence-electron chi connectivity index (χ0n) is 14.7. The molecule has 2 bridgehead atoms. The van der Waals surface area contributed by atoms with E-state index in [1.807, 2.05) is 6.07 Å². The van der Waals surface area contributed by atoms with Crippen LogP contribution in [0, 0.1) is 28.5 Å². The van der Waals surface area contributed by atoms with Crippen LogP contribution in [0.2, 0.25) is 0 Å². The van der Waals surface area contributed by atoms with Crippen molar-refractivity contribution in [2.24, 2.45) is 17.8 Å². The number of rotatable bonds is 3. The fourth-order valence-electron chi connectivity index (χ4n) is 4.95. The Morgan fingerprint density at radius 3 is 2.54 bits per heavy atom. The van der Waals surface area contributed by atoms with Crippen molar-refractivity contribution in [3.05, 3.63) is 40.6 Å². The number of esters is 1. The van der Waals surface area contributed by atoms with Crippen molar-refractivity contribution >= 4 is 73.7 Å². The zero-order chi connectivity index (χ0) is 18.5. The summed E-state index contributed by atoms with van der Waals surface area (Å²) >= 11 is 6.86. The molecule has 26 heavy (non-hydrogen) atoms. The molecule has 1 heterocycles. The maximum absolute atomic E-state index is 13.2. The highest BCUT2D eigenvalue weighted by Crippen LogP contribution is 2.54. The number of piperidine rings is 1. The van der Waals surface area contributed by atoms with Gasteiger partial charge >= 0.3 is 5.97 Å². The van der Waals surface area contributed by atoms with Crippen LogP contribution in [0.4, 0.5) is 0 Å². The van der Waals surface area contributed by atoms with Crippen LogP contribution in [0.3, 0.4) is 0 Å². The van der Waals surface area contributed by atoms with Crippen molar-refractivity contribution in [3.63, 3.8) is 0 Å². The first-order valence-electron chi connectivity index (χ1n) is 9.14. The second kappa shape index (κ2) is 7.78. The lowest BCUT2D eigenvalue weighted by Crippen LogP contribution is -2.50. The molecule has 140 valence electrons. The van der Waals surface area contributed by atoms with Gasteiger partial charge in [0.15, 0.2) is 0 Å². The molecule has 0 spiro atoms. The fourth-order valence-corrected chi connectivity index (χ4v) is 7.33. The Kier molecular flexibility index (Phi) is 5.95. The van der Waals surface area contributed by atoms with E-state index in [1.54, 1.807) is 0 Å². The van der Waals surface area contributed by atoms with Gasteiger partial charge in [-0.05, 0) is 132 Å². The van der Waals surface area contributed by atoms with Crippen molar-refractivity contribution < 1.29 is 9.53 Å². The maximum atomic E-state index is 13.2. The number of halogens is 3. The van der Waals surface area contributed by atoms with Crippen LogP contribution in [0.1, 0.15) is 36.0 Å². The Balaban J connectivity index is 1.64. The minimum absolute atomic E-state index is 0.134. The Labute approximate surface area is 196 Å². The number of benzene rings is 1. The van der Waals surface area contributed by atoms with Gasteiger partial charge in [0.25, 0.3) is 0 Å². The number of hydrogen-bond donors (Lipinski definition) is 0. The van der Waals surface area contributed by atoms with Gasteiger partial charge in [0.2, 0.25) is 0 Å². The van der Waals surface area contributed by atoms with Crippen molar-refractivity contribution in [1.29, 1.82) is 0 Å².